The Labute approximate surface area is 216 Å². The van der Waals surface area contributed by atoms with E-state index in [1.165, 1.54) is 12.0 Å². The average Bonchev–Trinajstić information content (AvgIpc) is 3.13. The van der Waals surface area contributed by atoms with Gasteiger partial charge >= 0.3 is 0 Å². The molecule has 1 aliphatic rings. The predicted molar refractivity (Wildman–Crippen MR) is 141 cm³/mol. The van der Waals surface area contributed by atoms with Crippen LogP contribution in [-0.4, -0.2) is 42.5 Å². The van der Waals surface area contributed by atoms with E-state index in [4.69, 9.17) is 14.2 Å². The number of ether oxygens (including phenoxy) is 3. The van der Waals surface area contributed by atoms with Crippen molar-refractivity contribution in [1.29, 1.82) is 0 Å². The lowest BCUT2D eigenvalue weighted by atomic mass is 9.93. The number of hydrogen-bond acceptors (Lipinski definition) is 6. The van der Waals surface area contributed by atoms with Gasteiger partial charge in [0.2, 0.25) is 0 Å². The lowest BCUT2D eigenvalue weighted by Gasteiger charge is -2.26. The maximum atomic E-state index is 13.5. The molecular formula is C30H31NO6. The molecule has 1 aliphatic heterocycles. The van der Waals surface area contributed by atoms with E-state index in [0.717, 1.165) is 16.7 Å². The number of benzene rings is 3. The fourth-order valence-electron chi connectivity index (χ4n) is 4.87. The van der Waals surface area contributed by atoms with E-state index in [-0.39, 0.29) is 17.9 Å². The lowest BCUT2D eigenvalue weighted by molar-refractivity contribution is -0.140. The molecule has 1 amide bonds. The molecule has 0 spiro atoms. The predicted octanol–water partition coefficient (Wildman–Crippen LogP) is 5.34. The Bertz CT molecular complexity index is 1360. The van der Waals surface area contributed by atoms with Gasteiger partial charge in [0, 0.05) is 5.56 Å². The third-order valence-electron chi connectivity index (χ3n) is 6.46. The van der Waals surface area contributed by atoms with Gasteiger partial charge in [-0.1, -0.05) is 36.4 Å². The normalized spacial score (nSPS) is 16.7. The van der Waals surface area contributed by atoms with Gasteiger partial charge < -0.3 is 24.2 Å². The van der Waals surface area contributed by atoms with Crippen molar-refractivity contribution in [3.05, 3.63) is 94.1 Å². The van der Waals surface area contributed by atoms with Crippen molar-refractivity contribution < 1.29 is 28.9 Å². The molecule has 7 heteroatoms. The molecule has 0 radical (unpaired) electrons. The van der Waals surface area contributed by atoms with Crippen LogP contribution in [0.2, 0.25) is 0 Å². The molecular weight excluding hydrogens is 470 g/mol. The van der Waals surface area contributed by atoms with E-state index in [1.54, 1.807) is 31.4 Å². The van der Waals surface area contributed by atoms with E-state index >= 15 is 0 Å². The number of para-hydroxylation sites is 1. The van der Waals surface area contributed by atoms with Crippen molar-refractivity contribution in [3.63, 3.8) is 0 Å². The van der Waals surface area contributed by atoms with Crippen LogP contribution in [0.3, 0.4) is 0 Å². The molecule has 1 unspecified atom stereocenters. The Kier molecular flexibility index (Phi) is 7.53. The maximum absolute atomic E-state index is 13.5. The molecule has 0 aliphatic carbocycles. The average molecular weight is 502 g/mol. The Morgan fingerprint density at radius 1 is 0.973 bits per heavy atom. The molecule has 1 N–H and O–H groups in total. The van der Waals surface area contributed by atoms with Crippen LogP contribution in [0.4, 0.5) is 0 Å². The number of Topliss-reactive ketones (excluding diaryl/α,β-unsaturated/α-hetero) is 1. The van der Waals surface area contributed by atoms with E-state index in [9.17, 15) is 14.7 Å². The largest absolute Gasteiger partial charge is 0.507 e. The minimum Gasteiger partial charge on any atom is -0.507 e. The van der Waals surface area contributed by atoms with Gasteiger partial charge in [0.25, 0.3) is 11.7 Å². The van der Waals surface area contributed by atoms with E-state index in [2.05, 4.69) is 0 Å². The van der Waals surface area contributed by atoms with Gasteiger partial charge in [0.1, 0.15) is 23.0 Å². The number of aryl methyl sites for hydroxylation is 2. The zero-order chi connectivity index (χ0) is 26.7. The Morgan fingerprint density at radius 3 is 2.32 bits per heavy atom. The van der Waals surface area contributed by atoms with Gasteiger partial charge in [-0.25, -0.2) is 0 Å². The number of carbonyl (C=O) groups is 2. The topological polar surface area (TPSA) is 85.3 Å². The Morgan fingerprint density at radius 2 is 1.68 bits per heavy atom. The standard InChI is InChI=1S/C30H31NO6/c1-6-37-22-13-11-20(12-14-22)26-25(27(32)23-16-18(2)15-19(3)29(23)36-5)28(33)30(34)31(26)17-21-9-7-8-10-24(21)35-4/h7-16,26,32H,6,17H2,1-5H3/b27-25+. The molecule has 0 saturated carbocycles. The van der Waals surface area contributed by atoms with Crippen molar-refractivity contribution in [2.45, 2.75) is 33.4 Å². The van der Waals surface area contributed by atoms with Gasteiger partial charge in [-0.3, -0.25) is 9.59 Å². The zero-order valence-electron chi connectivity index (χ0n) is 21.7. The van der Waals surface area contributed by atoms with Crippen molar-refractivity contribution in [2.24, 2.45) is 0 Å². The van der Waals surface area contributed by atoms with Crippen LogP contribution < -0.4 is 14.2 Å². The summed E-state index contributed by atoms with van der Waals surface area (Å²) >= 11 is 0. The van der Waals surface area contributed by atoms with Crippen LogP contribution in [0.5, 0.6) is 17.2 Å². The van der Waals surface area contributed by atoms with Crippen LogP contribution in [0, 0.1) is 13.8 Å². The quantitative estimate of drug-likeness (QED) is 0.255. The van der Waals surface area contributed by atoms with Crippen molar-refractivity contribution >= 4 is 17.4 Å². The molecule has 0 aromatic heterocycles. The van der Waals surface area contributed by atoms with E-state index in [1.807, 2.05) is 57.2 Å². The number of rotatable bonds is 8. The van der Waals surface area contributed by atoms with Crippen LogP contribution in [-0.2, 0) is 16.1 Å². The second kappa shape index (κ2) is 10.8. The molecule has 3 aromatic rings. The SMILES string of the molecule is CCOc1ccc(C2/C(=C(\O)c3cc(C)cc(C)c3OC)C(=O)C(=O)N2Cc2ccccc2OC)cc1. The smallest absolute Gasteiger partial charge is 0.295 e. The molecule has 192 valence electrons. The maximum Gasteiger partial charge on any atom is 0.295 e. The fraction of sp³-hybridized carbons (Fsp3) is 0.267. The number of nitrogens with zero attached hydrogens (tertiary/aromatic N) is 1. The van der Waals surface area contributed by atoms with Crippen LogP contribution >= 0.6 is 0 Å². The number of methoxy groups -OCH3 is 2. The number of ketones is 1. The summed E-state index contributed by atoms with van der Waals surface area (Å²) in [6.07, 6.45) is 0. The monoisotopic (exact) mass is 501 g/mol. The highest BCUT2D eigenvalue weighted by Gasteiger charge is 2.46. The summed E-state index contributed by atoms with van der Waals surface area (Å²) in [7, 11) is 3.07. The van der Waals surface area contributed by atoms with Gasteiger partial charge in [0.15, 0.2) is 0 Å². The molecule has 1 saturated heterocycles. The number of likely N-dealkylation sites (tertiary alicyclic amines) is 1. The minimum atomic E-state index is -0.828. The van der Waals surface area contributed by atoms with Crippen molar-refractivity contribution in [2.75, 3.05) is 20.8 Å². The summed E-state index contributed by atoms with van der Waals surface area (Å²) in [6, 6.07) is 17.4. The summed E-state index contributed by atoms with van der Waals surface area (Å²) in [5.41, 5.74) is 3.48. The molecule has 1 fully saturated rings. The Hall–Kier alpha value is -4.26. The van der Waals surface area contributed by atoms with Gasteiger partial charge in [-0.15, -0.1) is 0 Å². The lowest BCUT2D eigenvalue weighted by Crippen LogP contribution is -2.29. The minimum absolute atomic E-state index is 0.00681. The molecule has 1 atom stereocenters. The first kappa shape index (κ1) is 25.8. The van der Waals surface area contributed by atoms with Gasteiger partial charge in [-0.05, 0) is 61.7 Å². The number of aliphatic hydroxyl groups excluding tert-OH is 1. The summed E-state index contributed by atoms with van der Waals surface area (Å²) in [6.45, 7) is 6.29. The third kappa shape index (κ3) is 4.89. The highest BCUT2D eigenvalue weighted by atomic mass is 16.5. The first-order chi connectivity index (χ1) is 17.8. The summed E-state index contributed by atoms with van der Waals surface area (Å²) in [4.78, 5) is 28.4. The Balaban J connectivity index is 1.92. The molecule has 3 aromatic carbocycles. The molecule has 4 rings (SSSR count). The summed E-state index contributed by atoms with van der Waals surface area (Å²) in [5, 5.41) is 11.6. The number of aliphatic hydroxyl groups is 1. The number of amides is 1. The summed E-state index contributed by atoms with van der Waals surface area (Å²) in [5.74, 6) is -0.00945. The van der Waals surface area contributed by atoms with Crippen LogP contribution in [0.1, 0.15) is 40.8 Å². The number of hydrogen-bond donors (Lipinski definition) is 1. The van der Waals surface area contributed by atoms with Crippen molar-refractivity contribution in [1.82, 2.24) is 4.90 Å². The molecule has 37 heavy (non-hydrogen) atoms. The first-order valence-corrected chi connectivity index (χ1v) is 12.1. The van der Waals surface area contributed by atoms with Gasteiger partial charge in [0.05, 0.1) is 44.5 Å². The van der Waals surface area contributed by atoms with Crippen LogP contribution in [0.25, 0.3) is 5.76 Å². The second-order valence-corrected chi connectivity index (χ2v) is 8.90. The molecule has 0 bridgehead atoms. The highest BCUT2D eigenvalue weighted by molar-refractivity contribution is 6.46. The molecule has 7 nitrogen and oxygen atoms in total. The van der Waals surface area contributed by atoms with E-state index < -0.39 is 17.7 Å². The zero-order valence-corrected chi connectivity index (χ0v) is 21.7. The second-order valence-electron chi connectivity index (χ2n) is 8.90. The fourth-order valence-corrected chi connectivity index (χ4v) is 4.87. The van der Waals surface area contributed by atoms with Crippen molar-refractivity contribution in [3.8, 4) is 17.2 Å². The van der Waals surface area contributed by atoms with Crippen LogP contribution in [0.15, 0.2) is 66.2 Å². The highest BCUT2D eigenvalue weighted by Crippen LogP contribution is 2.43. The molecule has 1 heterocycles. The summed E-state index contributed by atoms with van der Waals surface area (Å²) < 4.78 is 16.6. The van der Waals surface area contributed by atoms with E-state index in [0.29, 0.717) is 35.0 Å². The third-order valence-corrected chi connectivity index (χ3v) is 6.46. The first-order valence-electron chi connectivity index (χ1n) is 12.1. The number of carbonyl (C=O) groups excluding carboxylic acids is 2. The van der Waals surface area contributed by atoms with Gasteiger partial charge in [-0.2, -0.15) is 0 Å².